The van der Waals surface area contributed by atoms with Crippen LogP contribution in [0.2, 0.25) is 0 Å². The first-order valence-electron chi connectivity index (χ1n) is 12.2. The number of carbonyl (C=O) groups excluding carboxylic acids is 3. The van der Waals surface area contributed by atoms with Crippen LogP contribution in [0.1, 0.15) is 5.69 Å². The highest BCUT2D eigenvalue weighted by Gasteiger charge is 2.53. The predicted molar refractivity (Wildman–Crippen MR) is 151 cm³/mol. The van der Waals surface area contributed by atoms with Gasteiger partial charge < -0.3 is 31.5 Å². The number of nitrogens with two attached hydrogens (primary N) is 2. The molecular weight excluding hydrogens is 591 g/mol. The lowest BCUT2D eigenvalue weighted by Gasteiger charge is -2.50. The van der Waals surface area contributed by atoms with E-state index in [2.05, 4.69) is 27.1 Å². The molecule has 2 aliphatic heterocycles. The second-order valence-corrected chi connectivity index (χ2v) is 11.8. The molecule has 2 aliphatic rings. The Morgan fingerprint density at radius 1 is 1.41 bits per heavy atom. The number of nitrogens with zero attached hydrogens (tertiary/aromatic N) is 6. The van der Waals surface area contributed by atoms with Gasteiger partial charge in [-0.1, -0.05) is 22.9 Å². The number of carboxylic acids is 1. The molecule has 0 bridgehead atoms. The molecule has 41 heavy (non-hydrogen) atoms. The molecule has 2 atom stereocenters. The molecule has 14 nitrogen and oxygen atoms in total. The Morgan fingerprint density at radius 2 is 2.24 bits per heavy atom. The van der Waals surface area contributed by atoms with E-state index in [1.54, 1.807) is 16.9 Å². The summed E-state index contributed by atoms with van der Waals surface area (Å²) in [7, 11) is 0. The number of thioether (sulfide) groups is 2. The highest BCUT2D eigenvalue weighted by Crippen LogP contribution is 2.40. The second kappa shape index (κ2) is 12.3. The van der Waals surface area contributed by atoms with E-state index in [4.69, 9.17) is 16.3 Å². The van der Waals surface area contributed by atoms with Gasteiger partial charge in [0.15, 0.2) is 17.0 Å². The van der Waals surface area contributed by atoms with Crippen molar-refractivity contribution in [2.45, 2.75) is 23.0 Å². The second-order valence-electron chi connectivity index (χ2n) is 8.73. The quantitative estimate of drug-likeness (QED) is 0.0417. The third-order valence-electron chi connectivity index (χ3n) is 6.08. The molecule has 5 heterocycles. The summed E-state index contributed by atoms with van der Waals surface area (Å²) < 4.78 is 3.55. The van der Waals surface area contributed by atoms with E-state index in [0.717, 1.165) is 32.7 Å². The minimum Gasteiger partial charge on any atom is -0.543 e. The Hall–Kier alpha value is -3.93. The number of aliphatic carboxylic acids is 1. The summed E-state index contributed by atoms with van der Waals surface area (Å²) in [6.45, 7) is 4.33. The average Bonchev–Trinajstić information content (AvgIpc) is 3.57. The Morgan fingerprint density at radius 3 is 2.95 bits per heavy atom. The highest BCUT2D eigenvalue weighted by atomic mass is 32.2. The molecule has 3 aromatic rings. The molecule has 17 heteroatoms. The lowest BCUT2D eigenvalue weighted by molar-refractivity contribution is -0.662. The molecule has 5 N–H and O–H groups in total. The summed E-state index contributed by atoms with van der Waals surface area (Å²) in [4.78, 5) is 48.8. The van der Waals surface area contributed by atoms with Crippen molar-refractivity contribution in [1.29, 1.82) is 0 Å². The van der Waals surface area contributed by atoms with Gasteiger partial charge in [0.1, 0.15) is 41.5 Å². The van der Waals surface area contributed by atoms with Crippen molar-refractivity contribution in [2.24, 2.45) is 10.9 Å². The van der Waals surface area contributed by atoms with E-state index < -0.39 is 29.2 Å². The van der Waals surface area contributed by atoms with Gasteiger partial charge in [0, 0.05) is 35.1 Å². The summed E-state index contributed by atoms with van der Waals surface area (Å²) in [6, 6.07) is 2.77. The Balaban J connectivity index is 1.34. The van der Waals surface area contributed by atoms with Crippen LogP contribution in [0, 0.1) is 0 Å². The number of nitrogens with one attached hydrogen (secondary N) is 1. The van der Waals surface area contributed by atoms with Gasteiger partial charge in [0.05, 0.1) is 11.7 Å². The maximum Gasteiger partial charge on any atom is 0.307 e. The number of nitrogen functional groups attached to an aromatic ring is 1. The van der Waals surface area contributed by atoms with E-state index in [9.17, 15) is 19.5 Å². The number of rotatable bonds is 12. The molecule has 0 unspecified atom stereocenters. The number of thiazole rings is 1. The van der Waals surface area contributed by atoms with Crippen molar-refractivity contribution in [3.05, 3.63) is 59.5 Å². The topological polar surface area (TPSA) is 197 Å². The van der Waals surface area contributed by atoms with Crippen LogP contribution in [0.15, 0.2) is 64.0 Å². The summed E-state index contributed by atoms with van der Waals surface area (Å²) in [5.41, 5.74) is 12.3. The van der Waals surface area contributed by atoms with Gasteiger partial charge in [-0.15, -0.1) is 39.4 Å². The molecular formula is C24H25N9O5S3. The monoisotopic (exact) mass is 615 g/mol. The van der Waals surface area contributed by atoms with Crippen molar-refractivity contribution >= 4 is 69.1 Å². The number of carbonyl (C=O) groups is 3. The Bertz CT molecular complexity index is 1580. The molecule has 214 valence electrons. The van der Waals surface area contributed by atoms with Gasteiger partial charge in [0.25, 0.3) is 11.8 Å². The van der Waals surface area contributed by atoms with E-state index in [1.165, 1.54) is 35.0 Å². The Labute approximate surface area is 246 Å². The van der Waals surface area contributed by atoms with Gasteiger partial charge in [-0.25, -0.2) is 9.55 Å². The normalized spacial score (nSPS) is 18.7. The minimum absolute atomic E-state index is 0.0488. The van der Waals surface area contributed by atoms with Gasteiger partial charge in [-0.3, -0.25) is 14.5 Å². The van der Waals surface area contributed by atoms with Crippen LogP contribution in [0.3, 0.4) is 0 Å². The summed E-state index contributed by atoms with van der Waals surface area (Å²) in [5.74, 6) is -1.72. The van der Waals surface area contributed by atoms with Crippen LogP contribution in [-0.2, 0) is 25.8 Å². The highest BCUT2D eigenvalue weighted by molar-refractivity contribution is 8.00. The fourth-order valence-corrected chi connectivity index (χ4v) is 6.83. The number of amides is 2. The third kappa shape index (κ3) is 5.79. The van der Waals surface area contributed by atoms with Crippen molar-refractivity contribution in [1.82, 2.24) is 24.8 Å². The fraction of sp³-hybridized carbons (Fsp3) is 0.292. The number of carboxylic acid groups (broad SMARTS) is 1. The molecule has 0 aliphatic carbocycles. The third-order valence-corrected chi connectivity index (χ3v) is 9.05. The number of hydrogen-bond donors (Lipinski definition) is 3. The number of imidazole rings is 1. The molecule has 1 saturated heterocycles. The summed E-state index contributed by atoms with van der Waals surface area (Å²) in [5, 5.41) is 25.2. The predicted octanol–water partition coefficient (Wildman–Crippen LogP) is -1.28. The van der Waals surface area contributed by atoms with Crippen LogP contribution in [0.4, 0.5) is 5.13 Å². The number of anilines is 1. The molecule has 3 aromatic heterocycles. The van der Waals surface area contributed by atoms with Crippen molar-refractivity contribution in [3.8, 4) is 0 Å². The molecule has 0 aromatic carbocycles. The van der Waals surface area contributed by atoms with E-state index >= 15 is 0 Å². The van der Waals surface area contributed by atoms with Gasteiger partial charge in [-0.05, 0) is 6.07 Å². The minimum atomic E-state index is -1.47. The van der Waals surface area contributed by atoms with Gasteiger partial charge in [-0.2, -0.15) is 0 Å². The smallest absolute Gasteiger partial charge is 0.307 e. The van der Waals surface area contributed by atoms with E-state index in [1.807, 2.05) is 16.7 Å². The van der Waals surface area contributed by atoms with Crippen LogP contribution in [-0.4, -0.2) is 79.1 Å². The Kier molecular flexibility index (Phi) is 8.57. The SMILES string of the molecule is C=CCO/N=C(\C(=O)N[C@@H]1C(=O)N2C(C(=O)[O-])=C(C[n+]3ccn4nc(SCCN)ccc43)CS[C@H]12)c1csc(N)n1. The standard InChI is InChI=1S/C24H25N9O5S3/c1-2-8-38-30-17(14-12-41-24(26)27-14)20(34)28-18-21(35)33-19(23(36)37)13(11-40-22(18)33)10-31-6-7-32-16(31)4-3-15(29-32)39-9-5-25/h2-4,6-7,12,18,22H,1,5,8-11,25H2,(H3-,26,27,28,34,36,37)/b30-17-/t18-,22-/m1/s1. The van der Waals surface area contributed by atoms with Crippen molar-refractivity contribution < 1.29 is 28.9 Å². The molecule has 2 amide bonds. The fourth-order valence-electron chi connectivity index (χ4n) is 4.31. The lowest BCUT2D eigenvalue weighted by Crippen LogP contribution is -2.71. The number of fused-ring (bicyclic) bond motifs is 2. The molecule has 0 radical (unpaired) electrons. The van der Waals surface area contributed by atoms with Crippen molar-refractivity contribution in [3.63, 3.8) is 0 Å². The number of β-lactam (4-membered cyclic amide) rings is 1. The van der Waals surface area contributed by atoms with Crippen LogP contribution < -0.4 is 26.5 Å². The zero-order valence-corrected chi connectivity index (χ0v) is 23.9. The van der Waals surface area contributed by atoms with Crippen LogP contribution in [0.5, 0.6) is 0 Å². The van der Waals surface area contributed by atoms with Crippen molar-refractivity contribution in [2.75, 3.05) is 30.4 Å². The summed E-state index contributed by atoms with van der Waals surface area (Å²) >= 11 is 3.99. The maximum atomic E-state index is 13.2. The zero-order chi connectivity index (χ0) is 29.1. The first kappa shape index (κ1) is 28.6. The number of aromatic nitrogens is 4. The maximum absolute atomic E-state index is 13.2. The first-order chi connectivity index (χ1) is 19.8. The zero-order valence-electron chi connectivity index (χ0n) is 21.5. The largest absolute Gasteiger partial charge is 0.543 e. The molecule has 0 spiro atoms. The van der Waals surface area contributed by atoms with Gasteiger partial charge in [0.2, 0.25) is 0 Å². The van der Waals surface area contributed by atoms with E-state index in [0.29, 0.717) is 17.9 Å². The molecule has 0 saturated carbocycles. The van der Waals surface area contributed by atoms with Crippen LogP contribution >= 0.6 is 34.9 Å². The average molecular weight is 616 g/mol. The van der Waals surface area contributed by atoms with Gasteiger partial charge >= 0.3 is 5.65 Å². The first-order valence-corrected chi connectivity index (χ1v) is 15.2. The lowest BCUT2D eigenvalue weighted by atomic mass is 10.0. The summed E-state index contributed by atoms with van der Waals surface area (Å²) in [6.07, 6.45) is 5.02. The molecule has 1 fully saturated rings. The van der Waals surface area contributed by atoms with E-state index in [-0.39, 0.29) is 35.4 Å². The molecule has 5 rings (SSSR count). The number of hydrogen-bond acceptors (Lipinski definition) is 13. The van der Waals surface area contributed by atoms with Crippen LogP contribution in [0.25, 0.3) is 5.65 Å². The number of oxime groups is 1.